The SMILES string of the molecule is CCCCc1ccc2nc(Nc3nc4ccccc4o3)sc2c1. The van der Waals surface area contributed by atoms with Crippen molar-refractivity contribution in [3.8, 4) is 0 Å². The molecule has 0 bridgehead atoms. The topological polar surface area (TPSA) is 51.0 Å². The van der Waals surface area contributed by atoms with Crippen molar-refractivity contribution in [3.63, 3.8) is 0 Å². The number of unbranched alkanes of at least 4 members (excludes halogenated alkanes) is 1. The molecule has 4 aromatic rings. The Bertz CT molecular complexity index is 924. The fraction of sp³-hybridized carbons (Fsp3) is 0.222. The number of para-hydroxylation sites is 2. The number of hydrogen-bond donors (Lipinski definition) is 1. The van der Waals surface area contributed by atoms with Crippen LogP contribution in [0.1, 0.15) is 25.3 Å². The molecule has 0 radical (unpaired) electrons. The van der Waals surface area contributed by atoms with Gasteiger partial charge in [-0.25, -0.2) is 4.98 Å². The first kappa shape index (κ1) is 14.2. The second-order valence-electron chi connectivity index (χ2n) is 5.54. The lowest BCUT2D eigenvalue weighted by Gasteiger charge is -1.98. The van der Waals surface area contributed by atoms with Gasteiger partial charge in [-0.1, -0.05) is 42.9 Å². The maximum absolute atomic E-state index is 5.69. The zero-order valence-corrected chi connectivity index (χ0v) is 13.7. The van der Waals surface area contributed by atoms with Gasteiger partial charge < -0.3 is 4.42 Å². The highest BCUT2D eigenvalue weighted by molar-refractivity contribution is 7.22. The maximum Gasteiger partial charge on any atom is 0.302 e. The maximum atomic E-state index is 5.69. The number of thiazole rings is 1. The third-order valence-electron chi connectivity index (χ3n) is 3.78. The molecule has 0 amide bonds. The van der Waals surface area contributed by atoms with Crippen LogP contribution in [0.4, 0.5) is 11.1 Å². The number of benzene rings is 2. The molecule has 5 heteroatoms. The van der Waals surface area contributed by atoms with E-state index in [4.69, 9.17) is 4.42 Å². The third kappa shape index (κ3) is 2.92. The van der Waals surface area contributed by atoms with Crippen molar-refractivity contribution in [2.24, 2.45) is 0 Å². The molecule has 0 aliphatic rings. The minimum Gasteiger partial charge on any atom is -0.423 e. The molecule has 4 nitrogen and oxygen atoms in total. The summed E-state index contributed by atoms with van der Waals surface area (Å²) >= 11 is 1.63. The fourth-order valence-electron chi connectivity index (χ4n) is 2.58. The van der Waals surface area contributed by atoms with Gasteiger partial charge in [0.25, 0.3) is 0 Å². The molecule has 0 unspecified atom stereocenters. The van der Waals surface area contributed by atoms with E-state index in [1.54, 1.807) is 11.3 Å². The van der Waals surface area contributed by atoms with Gasteiger partial charge in [0, 0.05) is 0 Å². The predicted octanol–water partition coefficient (Wildman–Crippen LogP) is 5.52. The molecular formula is C18H17N3OS. The Kier molecular flexibility index (Phi) is 3.71. The molecule has 0 spiro atoms. The Labute approximate surface area is 138 Å². The van der Waals surface area contributed by atoms with Crippen molar-refractivity contribution in [3.05, 3.63) is 48.0 Å². The summed E-state index contributed by atoms with van der Waals surface area (Å²) in [5.74, 6) is 0. The third-order valence-corrected chi connectivity index (χ3v) is 4.71. The highest BCUT2D eigenvalue weighted by Gasteiger charge is 2.09. The molecule has 0 fully saturated rings. The number of hydrogen-bond acceptors (Lipinski definition) is 5. The normalized spacial score (nSPS) is 11.3. The highest BCUT2D eigenvalue weighted by Crippen LogP contribution is 2.30. The van der Waals surface area contributed by atoms with E-state index < -0.39 is 0 Å². The molecule has 2 aromatic heterocycles. The van der Waals surface area contributed by atoms with Gasteiger partial charge in [0.15, 0.2) is 10.7 Å². The summed E-state index contributed by atoms with van der Waals surface area (Å²) < 4.78 is 6.88. The molecule has 2 heterocycles. The zero-order chi connectivity index (χ0) is 15.6. The summed E-state index contributed by atoms with van der Waals surface area (Å²) in [5, 5.41) is 3.98. The van der Waals surface area contributed by atoms with E-state index in [-0.39, 0.29) is 0 Å². The van der Waals surface area contributed by atoms with Crippen LogP contribution >= 0.6 is 11.3 Å². The first-order valence-electron chi connectivity index (χ1n) is 7.84. The smallest absolute Gasteiger partial charge is 0.302 e. The molecule has 0 atom stereocenters. The van der Waals surface area contributed by atoms with E-state index in [0.717, 1.165) is 28.2 Å². The molecule has 2 aromatic carbocycles. The number of nitrogens with one attached hydrogen (secondary N) is 1. The Morgan fingerprint density at radius 1 is 1.09 bits per heavy atom. The quantitative estimate of drug-likeness (QED) is 0.525. The Morgan fingerprint density at radius 3 is 2.87 bits per heavy atom. The average molecular weight is 323 g/mol. The summed E-state index contributed by atoms with van der Waals surface area (Å²) in [6.45, 7) is 2.22. The molecule has 0 aliphatic heterocycles. The summed E-state index contributed by atoms with van der Waals surface area (Å²) in [6, 6.07) is 14.7. The van der Waals surface area contributed by atoms with Crippen LogP contribution in [0.5, 0.6) is 0 Å². The molecule has 1 N–H and O–H groups in total. The van der Waals surface area contributed by atoms with Gasteiger partial charge in [-0.05, 0) is 42.7 Å². The van der Waals surface area contributed by atoms with Crippen LogP contribution in [0, 0.1) is 0 Å². The Hall–Kier alpha value is -2.40. The van der Waals surface area contributed by atoms with E-state index >= 15 is 0 Å². The molecular weight excluding hydrogens is 306 g/mol. The molecule has 0 aliphatic carbocycles. The molecule has 23 heavy (non-hydrogen) atoms. The highest BCUT2D eigenvalue weighted by atomic mass is 32.1. The van der Waals surface area contributed by atoms with Crippen molar-refractivity contribution < 1.29 is 4.42 Å². The van der Waals surface area contributed by atoms with E-state index in [9.17, 15) is 0 Å². The van der Waals surface area contributed by atoms with Gasteiger partial charge in [-0.15, -0.1) is 0 Å². The van der Waals surface area contributed by atoms with Crippen molar-refractivity contribution in [1.29, 1.82) is 0 Å². The zero-order valence-electron chi connectivity index (χ0n) is 12.9. The first-order valence-corrected chi connectivity index (χ1v) is 8.65. The lowest BCUT2D eigenvalue weighted by atomic mass is 10.1. The van der Waals surface area contributed by atoms with E-state index in [2.05, 4.69) is 40.4 Å². The Morgan fingerprint density at radius 2 is 2.00 bits per heavy atom. The number of nitrogens with zero attached hydrogens (tertiary/aromatic N) is 2. The summed E-state index contributed by atoms with van der Waals surface area (Å²) in [7, 11) is 0. The van der Waals surface area contributed by atoms with Gasteiger partial charge in [0.1, 0.15) is 5.52 Å². The summed E-state index contributed by atoms with van der Waals surface area (Å²) in [4.78, 5) is 9.03. The van der Waals surface area contributed by atoms with Crippen LogP contribution in [0.3, 0.4) is 0 Å². The Balaban J connectivity index is 1.60. The van der Waals surface area contributed by atoms with Crippen molar-refractivity contribution in [1.82, 2.24) is 9.97 Å². The number of rotatable bonds is 5. The van der Waals surface area contributed by atoms with E-state index in [1.807, 2.05) is 24.3 Å². The van der Waals surface area contributed by atoms with Gasteiger partial charge in [0.2, 0.25) is 0 Å². The monoisotopic (exact) mass is 323 g/mol. The lowest BCUT2D eigenvalue weighted by Crippen LogP contribution is -1.88. The van der Waals surface area contributed by atoms with E-state index in [0.29, 0.717) is 6.01 Å². The van der Waals surface area contributed by atoms with E-state index in [1.165, 1.54) is 23.1 Å². The van der Waals surface area contributed by atoms with Gasteiger partial charge in [-0.3, -0.25) is 5.32 Å². The van der Waals surface area contributed by atoms with Gasteiger partial charge in [-0.2, -0.15) is 4.98 Å². The largest absolute Gasteiger partial charge is 0.423 e. The lowest BCUT2D eigenvalue weighted by molar-refractivity contribution is 0.623. The van der Waals surface area contributed by atoms with Crippen LogP contribution in [0.15, 0.2) is 46.9 Å². The number of anilines is 2. The minimum atomic E-state index is 0.483. The number of oxazole rings is 1. The van der Waals surface area contributed by atoms with Crippen molar-refractivity contribution in [2.75, 3.05) is 5.32 Å². The summed E-state index contributed by atoms with van der Waals surface area (Å²) in [5.41, 5.74) is 4.00. The van der Waals surface area contributed by atoms with Gasteiger partial charge in [0.05, 0.1) is 10.2 Å². The second kappa shape index (κ2) is 6.01. The predicted molar refractivity (Wildman–Crippen MR) is 95.5 cm³/mol. The van der Waals surface area contributed by atoms with Crippen molar-refractivity contribution in [2.45, 2.75) is 26.2 Å². The first-order chi connectivity index (χ1) is 11.3. The molecule has 116 valence electrons. The minimum absolute atomic E-state index is 0.483. The number of aromatic nitrogens is 2. The molecule has 0 saturated carbocycles. The second-order valence-corrected chi connectivity index (χ2v) is 6.57. The van der Waals surface area contributed by atoms with Crippen molar-refractivity contribution >= 4 is 43.8 Å². The molecule has 0 saturated heterocycles. The van der Waals surface area contributed by atoms with Gasteiger partial charge >= 0.3 is 6.01 Å². The fourth-order valence-corrected chi connectivity index (χ4v) is 3.50. The summed E-state index contributed by atoms with van der Waals surface area (Å²) in [6.07, 6.45) is 3.56. The number of aryl methyl sites for hydroxylation is 1. The average Bonchev–Trinajstić information content (AvgIpc) is 3.14. The van der Waals surface area contributed by atoms with Crippen LogP contribution in [-0.2, 0) is 6.42 Å². The molecule has 4 rings (SSSR count). The van der Waals surface area contributed by atoms with Crippen LogP contribution in [0.25, 0.3) is 21.3 Å². The standard InChI is InChI=1S/C18H17N3OS/c1-2-3-6-12-9-10-14-16(11-12)23-18(20-14)21-17-19-13-7-4-5-8-15(13)22-17/h4-5,7-11H,2-3,6H2,1H3,(H,19,20,21). The number of fused-ring (bicyclic) bond motifs is 2. The van der Waals surface area contributed by atoms with Crippen LogP contribution < -0.4 is 5.32 Å². The van der Waals surface area contributed by atoms with Crippen LogP contribution in [-0.4, -0.2) is 9.97 Å². The van der Waals surface area contributed by atoms with Crippen LogP contribution in [0.2, 0.25) is 0 Å².